The van der Waals surface area contributed by atoms with Crippen LogP contribution in [0.3, 0.4) is 0 Å². The molecule has 2 aromatic rings. The zero-order valence-corrected chi connectivity index (χ0v) is 17.2. The Kier molecular flexibility index (Phi) is 7.57. The van der Waals surface area contributed by atoms with Gasteiger partial charge in [-0.2, -0.15) is 0 Å². The molecule has 7 nitrogen and oxygen atoms in total. The first-order valence-electron chi connectivity index (χ1n) is 10.2. The number of amides is 2. The first-order chi connectivity index (χ1) is 14.6. The second-order valence-electron chi connectivity index (χ2n) is 7.13. The fraction of sp³-hybridized carbons (Fsp3) is 0.348. The number of ketones is 1. The lowest BCUT2D eigenvalue weighted by atomic mass is 10.1. The third kappa shape index (κ3) is 5.90. The number of hydrogen-bond donors (Lipinski definition) is 1. The molecule has 7 heteroatoms. The van der Waals surface area contributed by atoms with E-state index in [9.17, 15) is 14.4 Å². The second kappa shape index (κ2) is 10.5. The van der Waals surface area contributed by atoms with Crippen LogP contribution in [0.4, 0.5) is 4.79 Å². The molecule has 1 aliphatic heterocycles. The number of carbonyl (C=O) groups is 3. The molecule has 1 fully saturated rings. The Labute approximate surface area is 176 Å². The van der Waals surface area contributed by atoms with E-state index >= 15 is 0 Å². The molecule has 0 unspecified atom stereocenters. The van der Waals surface area contributed by atoms with E-state index < -0.39 is 0 Å². The highest BCUT2D eigenvalue weighted by Crippen LogP contribution is 2.11. The molecule has 1 heterocycles. The van der Waals surface area contributed by atoms with Gasteiger partial charge in [0.2, 0.25) is 0 Å². The fourth-order valence-corrected chi connectivity index (χ4v) is 3.31. The lowest BCUT2D eigenvalue weighted by Crippen LogP contribution is -2.48. The summed E-state index contributed by atoms with van der Waals surface area (Å²) in [7, 11) is 0. The van der Waals surface area contributed by atoms with Crippen molar-refractivity contribution in [1.29, 1.82) is 0 Å². The summed E-state index contributed by atoms with van der Waals surface area (Å²) in [6, 6.07) is 16.3. The fourth-order valence-electron chi connectivity index (χ4n) is 3.31. The van der Waals surface area contributed by atoms with Crippen molar-refractivity contribution in [1.82, 2.24) is 15.1 Å². The lowest BCUT2D eigenvalue weighted by Gasteiger charge is -2.34. The van der Waals surface area contributed by atoms with Crippen LogP contribution < -0.4 is 5.32 Å². The van der Waals surface area contributed by atoms with Crippen LogP contribution in [0.15, 0.2) is 54.6 Å². The number of piperazine rings is 1. The number of hydrogen-bond acceptors (Lipinski definition) is 5. The van der Waals surface area contributed by atoms with Crippen LogP contribution in [0.2, 0.25) is 0 Å². The standard InChI is InChI=1S/C23H27N3O4/c1-2-30-23(29)26-14-12-25(13-15-26)17-18-8-10-20(11-9-18)22(28)24-16-21(27)19-6-4-3-5-7-19/h3-11H,2,12-17H2,1H3,(H,24,28). The van der Waals surface area contributed by atoms with Gasteiger partial charge in [-0.15, -0.1) is 0 Å². The molecule has 1 N–H and O–H groups in total. The highest BCUT2D eigenvalue weighted by molar-refractivity contribution is 6.02. The van der Waals surface area contributed by atoms with Gasteiger partial charge in [-0.1, -0.05) is 42.5 Å². The Hall–Kier alpha value is -3.19. The van der Waals surface area contributed by atoms with Gasteiger partial charge in [0.15, 0.2) is 5.78 Å². The van der Waals surface area contributed by atoms with Crippen molar-refractivity contribution in [2.75, 3.05) is 39.3 Å². The number of benzene rings is 2. The number of Topliss-reactive ketones (excluding diaryl/α,β-unsaturated/α-hetero) is 1. The molecule has 0 radical (unpaired) electrons. The topological polar surface area (TPSA) is 79.0 Å². The van der Waals surface area contributed by atoms with E-state index in [0.29, 0.717) is 30.8 Å². The zero-order valence-electron chi connectivity index (χ0n) is 17.2. The van der Waals surface area contributed by atoms with E-state index in [0.717, 1.165) is 25.2 Å². The van der Waals surface area contributed by atoms with E-state index in [4.69, 9.17) is 4.74 Å². The average molecular weight is 409 g/mol. The van der Waals surface area contributed by atoms with Crippen LogP contribution in [0, 0.1) is 0 Å². The van der Waals surface area contributed by atoms with Crippen LogP contribution in [-0.4, -0.2) is 66.9 Å². The van der Waals surface area contributed by atoms with Crippen molar-refractivity contribution in [2.45, 2.75) is 13.5 Å². The monoisotopic (exact) mass is 409 g/mol. The molecule has 0 spiro atoms. The van der Waals surface area contributed by atoms with Crippen LogP contribution >= 0.6 is 0 Å². The van der Waals surface area contributed by atoms with Gasteiger partial charge >= 0.3 is 6.09 Å². The van der Waals surface area contributed by atoms with E-state index in [2.05, 4.69) is 10.2 Å². The summed E-state index contributed by atoms with van der Waals surface area (Å²) in [5, 5.41) is 2.68. The van der Waals surface area contributed by atoms with E-state index in [1.54, 1.807) is 48.2 Å². The van der Waals surface area contributed by atoms with E-state index in [-0.39, 0.29) is 24.3 Å². The molecule has 30 heavy (non-hydrogen) atoms. The summed E-state index contributed by atoms with van der Waals surface area (Å²) < 4.78 is 5.04. The van der Waals surface area contributed by atoms with Crippen LogP contribution in [0.5, 0.6) is 0 Å². The molecule has 3 rings (SSSR count). The summed E-state index contributed by atoms with van der Waals surface area (Å²) in [5.41, 5.74) is 2.19. The SMILES string of the molecule is CCOC(=O)N1CCN(Cc2ccc(C(=O)NCC(=O)c3ccccc3)cc2)CC1. The number of nitrogens with one attached hydrogen (secondary N) is 1. The highest BCUT2D eigenvalue weighted by atomic mass is 16.6. The average Bonchev–Trinajstić information content (AvgIpc) is 2.79. The molecule has 0 atom stereocenters. The Morgan fingerprint density at radius 2 is 1.57 bits per heavy atom. The Balaban J connectivity index is 1.45. The number of ether oxygens (including phenoxy) is 1. The largest absolute Gasteiger partial charge is 0.450 e. The first-order valence-corrected chi connectivity index (χ1v) is 10.2. The smallest absolute Gasteiger partial charge is 0.409 e. The molecule has 2 amide bonds. The summed E-state index contributed by atoms with van der Waals surface area (Å²) in [4.78, 5) is 40.2. The maximum atomic E-state index is 12.3. The van der Waals surface area contributed by atoms with Crippen LogP contribution in [0.25, 0.3) is 0 Å². The lowest BCUT2D eigenvalue weighted by molar-refractivity contribution is 0.0778. The molecule has 0 aromatic heterocycles. The second-order valence-corrected chi connectivity index (χ2v) is 7.13. The predicted molar refractivity (Wildman–Crippen MR) is 113 cm³/mol. The molecular weight excluding hydrogens is 382 g/mol. The predicted octanol–water partition coefficient (Wildman–Crippen LogP) is 2.57. The van der Waals surface area contributed by atoms with Gasteiger partial charge in [0.05, 0.1) is 13.2 Å². The zero-order chi connectivity index (χ0) is 21.3. The van der Waals surface area contributed by atoms with Gasteiger partial charge in [-0.3, -0.25) is 14.5 Å². The Morgan fingerprint density at radius 3 is 2.20 bits per heavy atom. The minimum Gasteiger partial charge on any atom is -0.450 e. The van der Waals surface area contributed by atoms with Crippen molar-refractivity contribution < 1.29 is 19.1 Å². The van der Waals surface area contributed by atoms with E-state index in [1.807, 2.05) is 18.2 Å². The molecule has 0 aliphatic carbocycles. The molecule has 0 saturated carbocycles. The van der Waals surface area contributed by atoms with E-state index in [1.165, 1.54) is 0 Å². The minimum absolute atomic E-state index is 0.0324. The quantitative estimate of drug-likeness (QED) is 0.711. The normalized spacial score (nSPS) is 14.2. The molecule has 2 aromatic carbocycles. The molecule has 1 aliphatic rings. The Morgan fingerprint density at radius 1 is 0.900 bits per heavy atom. The summed E-state index contributed by atoms with van der Waals surface area (Å²) in [6.45, 7) is 5.77. The van der Waals surface area contributed by atoms with Gasteiger partial charge in [-0.25, -0.2) is 4.79 Å². The van der Waals surface area contributed by atoms with Crippen molar-refractivity contribution in [3.8, 4) is 0 Å². The first kappa shape index (κ1) is 21.5. The van der Waals surface area contributed by atoms with Gasteiger partial charge < -0.3 is 15.0 Å². The summed E-state index contributed by atoms with van der Waals surface area (Å²) >= 11 is 0. The maximum absolute atomic E-state index is 12.3. The minimum atomic E-state index is -0.270. The van der Waals surface area contributed by atoms with Crippen molar-refractivity contribution >= 4 is 17.8 Å². The summed E-state index contributed by atoms with van der Waals surface area (Å²) in [5.74, 6) is -0.392. The van der Waals surface area contributed by atoms with Crippen molar-refractivity contribution in [2.24, 2.45) is 0 Å². The maximum Gasteiger partial charge on any atom is 0.409 e. The molecule has 0 bridgehead atoms. The molecule has 158 valence electrons. The number of carbonyl (C=O) groups excluding carboxylic acids is 3. The van der Waals surface area contributed by atoms with Crippen LogP contribution in [-0.2, 0) is 11.3 Å². The Bertz CT molecular complexity index is 860. The third-order valence-electron chi connectivity index (χ3n) is 5.03. The third-order valence-corrected chi connectivity index (χ3v) is 5.03. The molecular formula is C23H27N3O4. The highest BCUT2D eigenvalue weighted by Gasteiger charge is 2.21. The summed E-state index contributed by atoms with van der Waals surface area (Å²) in [6.07, 6.45) is -0.252. The van der Waals surface area contributed by atoms with Crippen molar-refractivity contribution in [3.05, 3.63) is 71.3 Å². The van der Waals surface area contributed by atoms with Gasteiger partial charge in [0, 0.05) is 43.9 Å². The van der Waals surface area contributed by atoms with Gasteiger partial charge in [-0.05, 0) is 24.6 Å². The number of nitrogens with zero attached hydrogens (tertiary/aromatic N) is 2. The molecule has 1 saturated heterocycles. The van der Waals surface area contributed by atoms with Crippen LogP contribution in [0.1, 0.15) is 33.2 Å². The van der Waals surface area contributed by atoms with Gasteiger partial charge in [0.25, 0.3) is 5.91 Å². The number of rotatable bonds is 7. The van der Waals surface area contributed by atoms with Crippen molar-refractivity contribution in [3.63, 3.8) is 0 Å². The van der Waals surface area contributed by atoms with Gasteiger partial charge in [0.1, 0.15) is 0 Å².